The van der Waals surface area contributed by atoms with Gasteiger partial charge in [-0.3, -0.25) is 18.6 Å². The number of carbonyl (C=O) groups is 2. The number of rotatable bonds is 44. The van der Waals surface area contributed by atoms with Crippen LogP contribution in [-0.4, -0.2) is 65.7 Å². The SMILES string of the molecule is CCCCCCCCC/C=C\CCCCCCCC(=O)OC(COC(=O)CCCCCCCCCCCCCCCCCCC)COP(=O)(O)OCC(O)CO. The summed E-state index contributed by atoms with van der Waals surface area (Å²) < 4.78 is 32.8. The Labute approximate surface area is 343 Å². The minimum absolute atomic E-state index is 0.179. The first-order valence-electron chi connectivity index (χ1n) is 23.1. The molecule has 0 rings (SSSR count). The Hall–Kier alpha value is -1.29. The number of allylic oxidation sites excluding steroid dienone is 2. The first kappa shape index (κ1) is 54.7. The number of esters is 2. The van der Waals surface area contributed by atoms with E-state index in [0.717, 1.165) is 57.8 Å². The second-order valence-electron chi connectivity index (χ2n) is 15.8. The predicted octanol–water partition coefficient (Wildman–Crippen LogP) is 12.4. The van der Waals surface area contributed by atoms with Crippen LogP contribution >= 0.6 is 7.82 Å². The van der Waals surface area contributed by atoms with Crippen molar-refractivity contribution in [1.29, 1.82) is 0 Å². The molecule has 0 aromatic heterocycles. The molecule has 0 aromatic rings. The Morgan fingerprint density at radius 2 is 0.875 bits per heavy atom. The lowest BCUT2D eigenvalue weighted by atomic mass is 10.0. The smallest absolute Gasteiger partial charge is 0.462 e. The summed E-state index contributed by atoms with van der Waals surface area (Å²) in [5.41, 5.74) is 0. The average Bonchev–Trinajstić information content (AvgIpc) is 3.19. The Kier molecular flexibility index (Phi) is 40.9. The highest BCUT2D eigenvalue weighted by Gasteiger charge is 2.27. The molecule has 0 aromatic carbocycles. The van der Waals surface area contributed by atoms with Crippen molar-refractivity contribution in [2.24, 2.45) is 0 Å². The fraction of sp³-hybridized carbons (Fsp3) is 0.911. The van der Waals surface area contributed by atoms with E-state index >= 15 is 0 Å². The zero-order valence-electron chi connectivity index (χ0n) is 36.1. The van der Waals surface area contributed by atoms with Gasteiger partial charge in [0.2, 0.25) is 0 Å². The number of carbonyl (C=O) groups excluding carboxylic acids is 2. The number of phosphoric ester groups is 1. The van der Waals surface area contributed by atoms with Crippen molar-refractivity contribution in [2.45, 2.75) is 238 Å². The van der Waals surface area contributed by atoms with Crippen LogP contribution < -0.4 is 0 Å². The summed E-state index contributed by atoms with van der Waals surface area (Å²) in [6, 6.07) is 0. The molecule has 0 saturated carbocycles. The molecule has 0 spiro atoms. The van der Waals surface area contributed by atoms with Crippen LogP contribution in [-0.2, 0) is 32.7 Å². The Bertz CT molecular complexity index is 946. The maximum Gasteiger partial charge on any atom is 0.472 e. The highest BCUT2D eigenvalue weighted by Crippen LogP contribution is 2.43. The molecule has 3 atom stereocenters. The third-order valence-corrected chi connectivity index (χ3v) is 11.1. The van der Waals surface area contributed by atoms with Crippen LogP contribution in [0.25, 0.3) is 0 Å². The van der Waals surface area contributed by atoms with Gasteiger partial charge in [-0.15, -0.1) is 0 Å². The van der Waals surface area contributed by atoms with Crippen LogP contribution in [0, 0.1) is 0 Å². The van der Waals surface area contributed by atoms with Gasteiger partial charge in [-0.2, -0.15) is 0 Å². The zero-order valence-corrected chi connectivity index (χ0v) is 37.0. The molecule has 0 heterocycles. The lowest BCUT2D eigenvalue weighted by Gasteiger charge is -2.20. The molecule has 0 bridgehead atoms. The van der Waals surface area contributed by atoms with Gasteiger partial charge in [0.25, 0.3) is 0 Å². The Morgan fingerprint density at radius 1 is 0.518 bits per heavy atom. The molecule has 0 aliphatic heterocycles. The standard InChI is InChI=1S/C45H87O10P/c1-3-5-7-9-11-13-15-17-19-21-23-24-26-28-30-32-34-36-44(48)52-40-43(41-54-56(50,51)53-39-42(47)38-46)55-45(49)37-35-33-31-29-27-25-22-20-18-16-14-12-10-8-6-4-2/h20,22,42-43,46-47H,3-19,21,23-41H2,1-2H3,(H,50,51)/b22-20-. The minimum Gasteiger partial charge on any atom is -0.462 e. The number of aliphatic hydroxyl groups excluding tert-OH is 2. The fourth-order valence-corrected chi connectivity index (χ4v) is 7.37. The summed E-state index contributed by atoms with van der Waals surface area (Å²) in [4.78, 5) is 35.0. The lowest BCUT2D eigenvalue weighted by Crippen LogP contribution is -2.29. The van der Waals surface area contributed by atoms with E-state index in [1.54, 1.807) is 0 Å². The first-order chi connectivity index (χ1) is 27.2. The number of phosphoric acid groups is 1. The number of ether oxygens (including phenoxy) is 2. The van der Waals surface area contributed by atoms with Gasteiger partial charge < -0.3 is 24.6 Å². The van der Waals surface area contributed by atoms with Crippen molar-refractivity contribution in [1.82, 2.24) is 0 Å². The minimum atomic E-state index is -4.62. The van der Waals surface area contributed by atoms with Crippen LogP contribution in [0.15, 0.2) is 12.2 Å². The van der Waals surface area contributed by atoms with Crippen LogP contribution in [0.4, 0.5) is 0 Å². The largest absolute Gasteiger partial charge is 0.472 e. The number of hydrogen-bond acceptors (Lipinski definition) is 9. The van der Waals surface area contributed by atoms with E-state index in [4.69, 9.17) is 23.6 Å². The van der Waals surface area contributed by atoms with Crippen molar-refractivity contribution in [3.8, 4) is 0 Å². The van der Waals surface area contributed by atoms with Crippen molar-refractivity contribution in [3.05, 3.63) is 12.2 Å². The van der Waals surface area contributed by atoms with Gasteiger partial charge in [-0.25, -0.2) is 4.57 Å². The van der Waals surface area contributed by atoms with Crippen molar-refractivity contribution in [2.75, 3.05) is 26.4 Å². The highest BCUT2D eigenvalue weighted by molar-refractivity contribution is 7.47. The van der Waals surface area contributed by atoms with Gasteiger partial charge in [0.1, 0.15) is 12.7 Å². The molecule has 0 amide bonds. The number of unbranched alkanes of at least 4 members (excludes halogenated alkanes) is 28. The molecule has 3 N–H and O–H groups in total. The van der Waals surface area contributed by atoms with E-state index in [1.165, 1.54) is 128 Å². The highest BCUT2D eigenvalue weighted by atomic mass is 31.2. The van der Waals surface area contributed by atoms with E-state index in [1.807, 2.05) is 0 Å². The molecule has 10 nitrogen and oxygen atoms in total. The third kappa shape index (κ3) is 40.9. The Morgan fingerprint density at radius 3 is 1.29 bits per heavy atom. The zero-order chi connectivity index (χ0) is 41.2. The van der Waals surface area contributed by atoms with Gasteiger partial charge in [0.15, 0.2) is 6.10 Å². The van der Waals surface area contributed by atoms with Gasteiger partial charge in [0, 0.05) is 12.8 Å². The van der Waals surface area contributed by atoms with Crippen LogP contribution in [0.3, 0.4) is 0 Å². The first-order valence-corrected chi connectivity index (χ1v) is 24.6. The summed E-state index contributed by atoms with van der Waals surface area (Å²) in [6.45, 7) is 2.41. The fourth-order valence-electron chi connectivity index (χ4n) is 6.58. The molecule has 0 radical (unpaired) electrons. The maximum absolute atomic E-state index is 12.6. The van der Waals surface area contributed by atoms with Crippen molar-refractivity contribution in [3.63, 3.8) is 0 Å². The molecule has 0 fully saturated rings. The van der Waals surface area contributed by atoms with Crippen molar-refractivity contribution >= 4 is 19.8 Å². The molecule has 0 saturated heterocycles. The van der Waals surface area contributed by atoms with Crippen LogP contribution in [0.5, 0.6) is 0 Å². The quantitative estimate of drug-likeness (QED) is 0.0235. The molecule has 0 aliphatic carbocycles. The summed E-state index contributed by atoms with van der Waals surface area (Å²) in [7, 11) is -4.62. The number of hydrogen-bond donors (Lipinski definition) is 3. The molecular formula is C45H87O10P. The van der Waals surface area contributed by atoms with Gasteiger partial charge in [0.05, 0.1) is 19.8 Å². The molecular weight excluding hydrogens is 731 g/mol. The summed E-state index contributed by atoms with van der Waals surface area (Å²) in [5.74, 6) is -0.922. The lowest BCUT2D eigenvalue weighted by molar-refractivity contribution is -0.161. The number of aliphatic hydroxyl groups is 2. The second kappa shape index (κ2) is 41.9. The van der Waals surface area contributed by atoms with Crippen LogP contribution in [0.1, 0.15) is 226 Å². The van der Waals surface area contributed by atoms with E-state index in [2.05, 4.69) is 26.0 Å². The maximum atomic E-state index is 12.6. The third-order valence-electron chi connectivity index (χ3n) is 10.2. The monoisotopic (exact) mass is 819 g/mol. The predicted molar refractivity (Wildman–Crippen MR) is 229 cm³/mol. The van der Waals surface area contributed by atoms with E-state index in [0.29, 0.717) is 12.8 Å². The second-order valence-corrected chi connectivity index (χ2v) is 17.2. The summed E-state index contributed by atoms with van der Waals surface area (Å²) in [6.07, 6.45) is 40.3. The normalized spacial score (nSPS) is 13.9. The summed E-state index contributed by atoms with van der Waals surface area (Å²) in [5, 5.41) is 18.3. The Balaban J connectivity index is 4.23. The van der Waals surface area contributed by atoms with Gasteiger partial charge in [-0.05, 0) is 38.5 Å². The topological polar surface area (TPSA) is 149 Å². The molecule has 11 heteroatoms. The van der Waals surface area contributed by atoms with Crippen LogP contribution in [0.2, 0.25) is 0 Å². The van der Waals surface area contributed by atoms with Crippen molar-refractivity contribution < 1.29 is 47.8 Å². The van der Waals surface area contributed by atoms with E-state index in [-0.39, 0.29) is 19.4 Å². The molecule has 0 aliphatic rings. The average molecular weight is 819 g/mol. The van der Waals surface area contributed by atoms with E-state index in [9.17, 15) is 24.2 Å². The van der Waals surface area contributed by atoms with Gasteiger partial charge >= 0.3 is 19.8 Å². The summed E-state index contributed by atoms with van der Waals surface area (Å²) >= 11 is 0. The molecule has 3 unspecified atom stereocenters. The van der Waals surface area contributed by atoms with E-state index < -0.39 is 51.8 Å². The van der Waals surface area contributed by atoms with Gasteiger partial charge in [-0.1, -0.05) is 187 Å². The molecule has 56 heavy (non-hydrogen) atoms. The molecule has 332 valence electrons.